The van der Waals surface area contributed by atoms with Crippen molar-refractivity contribution in [2.75, 3.05) is 13.1 Å². The lowest BCUT2D eigenvalue weighted by Gasteiger charge is -2.31. The van der Waals surface area contributed by atoms with E-state index in [0.29, 0.717) is 40.4 Å². The Morgan fingerprint density at radius 2 is 1.93 bits per heavy atom. The molecule has 5 nitrogen and oxygen atoms in total. The number of aromatic nitrogens is 2. The molecule has 1 unspecified atom stereocenters. The predicted molar refractivity (Wildman–Crippen MR) is 109 cm³/mol. The van der Waals surface area contributed by atoms with Crippen LogP contribution in [0, 0.1) is 6.92 Å². The minimum Gasteiger partial charge on any atom is -0.339 e. The molecular formula is C21H19Cl2N3O2. The summed E-state index contributed by atoms with van der Waals surface area (Å²) in [5, 5.41) is 4.93. The average Bonchev–Trinajstić information content (AvgIpc) is 3.20. The van der Waals surface area contributed by atoms with Gasteiger partial charge in [0.1, 0.15) is 0 Å². The largest absolute Gasteiger partial charge is 0.339 e. The van der Waals surface area contributed by atoms with Crippen molar-refractivity contribution in [1.29, 1.82) is 0 Å². The molecule has 7 heteroatoms. The lowest BCUT2D eigenvalue weighted by Crippen LogP contribution is -2.39. The standard InChI is InChI=1S/C21H19Cl2N3O2/c1-13-4-6-14(7-5-13)19-24-20(28-25-19)16-3-2-10-26(12-16)21(27)15-8-9-17(22)18(23)11-15/h4-9,11,16H,2-3,10,12H2,1H3. The van der Waals surface area contributed by atoms with Gasteiger partial charge in [-0.25, -0.2) is 0 Å². The number of nitrogens with zero attached hydrogens (tertiary/aromatic N) is 3. The highest BCUT2D eigenvalue weighted by atomic mass is 35.5. The Morgan fingerprint density at radius 3 is 2.68 bits per heavy atom. The van der Waals surface area contributed by atoms with E-state index >= 15 is 0 Å². The topological polar surface area (TPSA) is 59.2 Å². The van der Waals surface area contributed by atoms with Crippen molar-refractivity contribution < 1.29 is 9.32 Å². The van der Waals surface area contributed by atoms with Crippen molar-refractivity contribution in [1.82, 2.24) is 15.0 Å². The van der Waals surface area contributed by atoms with Crippen LogP contribution in [0.15, 0.2) is 47.0 Å². The van der Waals surface area contributed by atoms with E-state index in [1.54, 1.807) is 18.2 Å². The SMILES string of the molecule is Cc1ccc(-c2noc(C3CCCN(C(=O)c4ccc(Cl)c(Cl)c4)C3)n2)cc1. The molecule has 1 atom stereocenters. The number of carbonyl (C=O) groups is 1. The minimum absolute atomic E-state index is 0.0205. The first kappa shape index (κ1) is 19.0. The van der Waals surface area contributed by atoms with Gasteiger partial charge in [-0.15, -0.1) is 0 Å². The van der Waals surface area contributed by atoms with E-state index in [4.69, 9.17) is 27.7 Å². The normalized spacial score (nSPS) is 17.0. The summed E-state index contributed by atoms with van der Waals surface area (Å²) in [6.07, 6.45) is 1.78. The highest BCUT2D eigenvalue weighted by Gasteiger charge is 2.29. The van der Waals surface area contributed by atoms with E-state index in [0.717, 1.165) is 18.4 Å². The van der Waals surface area contributed by atoms with Gasteiger partial charge in [0.15, 0.2) is 0 Å². The van der Waals surface area contributed by atoms with Crippen LogP contribution < -0.4 is 0 Å². The maximum Gasteiger partial charge on any atom is 0.253 e. The molecule has 0 bridgehead atoms. The average molecular weight is 416 g/mol. The van der Waals surface area contributed by atoms with Gasteiger partial charge in [0, 0.05) is 24.2 Å². The number of likely N-dealkylation sites (tertiary alicyclic amines) is 1. The maximum atomic E-state index is 12.9. The lowest BCUT2D eigenvalue weighted by molar-refractivity contribution is 0.0695. The molecule has 1 aliphatic heterocycles. The molecule has 1 aliphatic rings. The first-order valence-electron chi connectivity index (χ1n) is 9.16. The summed E-state index contributed by atoms with van der Waals surface area (Å²) < 4.78 is 5.52. The summed E-state index contributed by atoms with van der Waals surface area (Å²) >= 11 is 12.0. The number of hydrogen-bond acceptors (Lipinski definition) is 4. The molecule has 1 amide bonds. The molecule has 28 heavy (non-hydrogen) atoms. The second kappa shape index (κ2) is 7.94. The van der Waals surface area contributed by atoms with Crippen LogP contribution in [0.1, 0.15) is 40.6 Å². The van der Waals surface area contributed by atoms with Crippen LogP contribution in [0.2, 0.25) is 10.0 Å². The Hall–Kier alpha value is -2.37. The quantitative estimate of drug-likeness (QED) is 0.576. The van der Waals surface area contributed by atoms with E-state index in [9.17, 15) is 4.79 Å². The van der Waals surface area contributed by atoms with Crippen LogP contribution in [-0.2, 0) is 0 Å². The van der Waals surface area contributed by atoms with Crippen molar-refractivity contribution >= 4 is 29.1 Å². The van der Waals surface area contributed by atoms with Crippen molar-refractivity contribution in [3.05, 3.63) is 69.5 Å². The van der Waals surface area contributed by atoms with Gasteiger partial charge >= 0.3 is 0 Å². The summed E-state index contributed by atoms with van der Waals surface area (Å²) in [5.41, 5.74) is 2.62. The zero-order valence-corrected chi connectivity index (χ0v) is 16.9. The Labute approximate surface area is 173 Å². The van der Waals surface area contributed by atoms with E-state index in [2.05, 4.69) is 10.1 Å². The predicted octanol–water partition coefficient (Wildman–Crippen LogP) is 5.37. The second-order valence-corrected chi connectivity index (χ2v) is 7.86. The number of amides is 1. The van der Waals surface area contributed by atoms with Gasteiger partial charge in [0.2, 0.25) is 11.7 Å². The number of halogens is 2. The summed E-state index contributed by atoms with van der Waals surface area (Å²) in [4.78, 5) is 19.2. The van der Waals surface area contributed by atoms with Crippen molar-refractivity contribution in [3.8, 4) is 11.4 Å². The van der Waals surface area contributed by atoms with Gasteiger partial charge in [0.05, 0.1) is 16.0 Å². The van der Waals surface area contributed by atoms with E-state index in [-0.39, 0.29) is 11.8 Å². The van der Waals surface area contributed by atoms with E-state index in [1.165, 1.54) is 5.56 Å². The van der Waals surface area contributed by atoms with E-state index in [1.807, 2.05) is 36.1 Å². The fourth-order valence-electron chi connectivity index (χ4n) is 3.40. The summed E-state index contributed by atoms with van der Waals surface area (Å²) in [5.74, 6) is 1.10. The third-order valence-electron chi connectivity index (χ3n) is 4.98. The third kappa shape index (κ3) is 3.91. The van der Waals surface area contributed by atoms with Crippen molar-refractivity contribution in [2.45, 2.75) is 25.7 Å². The molecule has 4 rings (SSSR count). The zero-order chi connectivity index (χ0) is 19.7. The highest BCUT2D eigenvalue weighted by Crippen LogP contribution is 2.29. The smallest absolute Gasteiger partial charge is 0.253 e. The number of carbonyl (C=O) groups excluding carboxylic acids is 1. The van der Waals surface area contributed by atoms with Crippen LogP contribution in [0.3, 0.4) is 0 Å². The molecule has 2 aromatic carbocycles. The molecule has 0 spiro atoms. The molecule has 0 N–H and O–H groups in total. The molecule has 2 heterocycles. The lowest BCUT2D eigenvalue weighted by atomic mass is 9.97. The van der Waals surface area contributed by atoms with Gasteiger partial charge in [-0.3, -0.25) is 4.79 Å². The summed E-state index contributed by atoms with van der Waals surface area (Å²) in [7, 11) is 0. The van der Waals surface area contributed by atoms with Crippen LogP contribution in [0.4, 0.5) is 0 Å². The van der Waals surface area contributed by atoms with Crippen molar-refractivity contribution in [2.24, 2.45) is 0 Å². The molecule has 1 fully saturated rings. The van der Waals surface area contributed by atoms with Gasteiger partial charge in [-0.2, -0.15) is 4.98 Å². The molecule has 3 aromatic rings. The van der Waals surface area contributed by atoms with Crippen LogP contribution in [0.25, 0.3) is 11.4 Å². The Bertz CT molecular complexity index is 1000. The molecule has 144 valence electrons. The monoisotopic (exact) mass is 415 g/mol. The Morgan fingerprint density at radius 1 is 1.14 bits per heavy atom. The number of aryl methyl sites for hydroxylation is 1. The molecule has 0 radical (unpaired) electrons. The van der Waals surface area contributed by atoms with Crippen LogP contribution in [-0.4, -0.2) is 34.0 Å². The van der Waals surface area contributed by atoms with Crippen molar-refractivity contribution in [3.63, 3.8) is 0 Å². The van der Waals surface area contributed by atoms with Gasteiger partial charge in [0.25, 0.3) is 5.91 Å². The zero-order valence-electron chi connectivity index (χ0n) is 15.4. The molecule has 1 aromatic heterocycles. The molecule has 0 aliphatic carbocycles. The Kier molecular flexibility index (Phi) is 5.38. The first-order valence-corrected chi connectivity index (χ1v) is 9.92. The first-order chi connectivity index (χ1) is 13.5. The van der Waals surface area contributed by atoms with Gasteiger partial charge < -0.3 is 9.42 Å². The van der Waals surface area contributed by atoms with Crippen LogP contribution in [0.5, 0.6) is 0 Å². The minimum atomic E-state index is -0.0680. The van der Waals surface area contributed by atoms with Gasteiger partial charge in [-0.05, 0) is 38.0 Å². The summed E-state index contributed by atoms with van der Waals surface area (Å²) in [6.45, 7) is 3.26. The number of piperidine rings is 1. The third-order valence-corrected chi connectivity index (χ3v) is 5.71. The fourth-order valence-corrected chi connectivity index (χ4v) is 3.69. The number of benzene rings is 2. The number of rotatable bonds is 3. The molecule has 1 saturated heterocycles. The maximum absolute atomic E-state index is 12.9. The van der Waals surface area contributed by atoms with Crippen LogP contribution >= 0.6 is 23.2 Å². The molecule has 0 saturated carbocycles. The summed E-state index contributed by atoms with van der Waals surface area (Å²) in [6, 6.07) is 12.9. The molecular weight excluding hydrogens is 397 g/mol. The van der Waals surface area contributed by atoms with Gasteiger partial charge in [-0.1, -0.05) is 58.2 Å². The highest BCUT2D eigenvalue weighted by molar-refractivity contribution is 6.42. The number of hydrogen-bond donors (Lipinski definition) is 0. The fraction of sp³-hybridized carbons (Fsp3) is 0.286. The Balaban J connectivity index is 1.50. The van der Waals surface area contributed by atoms with E-state index < -0.39 is 0 Å². The second-order valence-electron chi connectivity index (χ2n) is 7.04.